The molecule has 0 aliphatic rings. The van der Waals surface area contributed by atoms with Crippen LogP contribution >= 0.6 is 11.8 Å². The number of thioether (sulfide) groups is 1. The van der Waals surface area contributed by atoms with Crippen LogP contribution in [0.25, 0.3) is 0 Å². The molecule has 4 atom stereocenters. The molecule has 12 nitrogen and oxygen atoms in total. The van der Waals surface area contributed by atoms with Gasteiger partial charge < -0.3 is 37.6 Å². The van der Waals surface area contributed by atoms with Crippen molar-refractivity contribution in [3.63, 3.8) is 0 Å². The number of carbonyl (C=O) groups excluding carboxylic acids is 4. The van der Waals surface area contributed by atoms with E-state index in [4.69, 9.17) is 11.5 Å². The van der Waals surface area contributed by atoms with Gasteiger partial charge in [-0.1, -0.05) is 42.5 Å². The Balaban J connectivity index is 2.13. The maximum Gasteiger partial charge on any atom is 0.326 e. The minimum atomic E-state index is -1.29. The van der Waals surface area contributed by atoms with E-state index in [1.807, 2.05) is 6.26 Å². The molecule has 0 radical (unpaired) electrons. The zero-order valence-electron chi connectivity index (χ0n) is 22.7. The minimum Gasteiger partial charge on any atom is -0.508 e. The monoisotopic (exact) mass is 587 g/mol. The predicted molar refractivity (Wildman–Crippen MR) is 155 cm³/mol. The topological polar surface area (TPSA) is 214 Å². The molecular weight excluding hydrogens is 550 g/mol. The van der Waals surface area contributed by atoms with Crippen LogP contribution in [0.3, 0.4) is 0 Å². The van der Waals surface area contributed by atoms with Crippen molar-refractivity contribution in [2.24, 2.45) is 11.5 Å². The van der Waals surface area contributed by atoms with E-state index in [1.54, 1.807) is 42.5 Å². The molecular formula is C28H37N5O7S. The van der Waals surface area contributed by atoms with Gasteiger partial charge in [0.15, 0.2) is 0 Å². The summed E-state index contributed by atoms with van der Waals surface area (Å²) >= 11 is 1.45. The van der Waals surface area contributed by atoms with Crippen molar-refractivity contribution >= 4 is 41.4 Å². The van der Waals surface area contributed by atoms with Crippen molar-refractivity contribution in [2.45, 2.75) is 56.3 Å². The van der Waals surface area contributed by atoms with Crippen molar-refractivity contribution in [3.8, 4) is 5.75 Å². The Morgan fingerprint density at radius 3 is 1.88 bits per heavy atom. The van der Waals surface area contributed by atoms with Crippen molar-refractivity contribution in [1.29, 1.82) is 0 Å². The molecule has 2 aromatic rings. The summed E-state index contributed by atoms with van der Waals surface area (Å²) in [4.78, 5) is 62.5. The number of aromatic hydroxyl groups is 1. The Kier molecular flexibility index (Phi) is 13.6. The van der Waals surface area contributed by atoms with Gasteiger partial charge in [-0.15, -0.1) is 0 Å². The standard InChI is InChI=1S/C28H37N5O7S/c1-41-14-13-22(31-25(36)20(29)15-18-7-9-19(34)10-8-18)27(38)32-21(11-12-24(30)35)26(37)33-23(28(39)40)16-17-5-3-2-4-6-17/h2-10,20-23,34H,11-16,29H2,1H3,(H2,30,35)(H,31,36)(H,32,38)(H,33,37)(H,39,40). The Morgan fingerprint density at radius 1 is 0.780 bits per heavy atom. The number of carboxylic acid groups (broad SMARTS) is 1. The third kappa shape index (κ3) is 11.9. The lowest BCUT2D eigenvalue weighted by Gasteiger charge is -2.25. The van der Waals surface area contributed by atoms with Crippen LogP contribution in [0.2, 0.25) is 0 Å². The fourth-order valence-corrected chi connectivity index (χ4v) is 4.38. The smallest absolute Gasteiger partial charge is 0.326 e. The number of nitrogens with one attached hydrogen (secondary N) is 3. The number of phenols is 1. The zero-order valence-corrected chi connectivity index (χ0v) is 23.6. The number of hydrogen-bond acceptors (Lipinski definition) is 8. The third-order valence-electron chi connectivity index (χ3n) is 6.18. The molecule has 4 unspecified atom stereocenters. The molecule has 0 aromatic heterocycles. The highest BCUT2D eigenvalue weighted by Gasteiger charge is 2.30. The van der Waals surface area contributed by atoms with Gasteiger partial charge in [0, 0.05) is 12.8 Å². The normalized spacial score (nSPS) is 13.7. The van der Waals surface area contributed by atoms with Gasteiger partial charge in [0.2, 0.25) is 23.6 Å². The Labute approximate surface area is 242 Å². The molecule has 0 aliphatic heterocycles. The maximum atomic E-state index is 13.3. The van der Waals surface area contributed by atoms with E-state index in [9.17, 15) is 34.2 Å². The lowest BCUT2D eigenvalue weighted by atomic mass is 10.0. The highest BCUT2D eigenvalue weighted by Crippen LogP contribution is 2.12. The maximum absolute atomic E-state index is 13.3. The first kappa shape index (κ1) is 33.1. The van der Waals surface area contributed by atoms with Gasteiger partial charge >= 0.3 is 5.97 Å². The molecule has 2 aromatic carbocycles. The number of primary amides is 1. The van der Waals surface area contributed by atoms with Gasteiger partial charge in [0.1, 0.15) is 23.9 Å². The van der Waals surface area contributed by atoms with Gasteiger partial charge in [0.25, 0.3) is 0 Å². The number of rotatable bonds is 17. The van der Waals surface area contributed by atoms with Crippen molar-refractivity contribution < 1.29 is 34.2 Å². The first-order valence-electron chi connectivity index (χ1n) is 13.0. The van der Waals surface area contributed by atoms with Crippen molar-refractivity contribution in [3.05, 3.63) is 65.7 Å². The molecule has 222 valence electrons. The highest BCUT2D eigenvalue weighted by molar-refractivity contribution is 7.98. The summed E-state index contributed by atoms with van der Waals surface area (Å²) in [7, 11) is 0. The lowest BCUT2D eigenvalue weighted by Crippen LogP contribution is -2.57. The molecule has 0 saturated carbocycles. The largest absolute Gasteiger partial charge is 0.508 e. The van der Waals surface area contributed by atoms with Crippen LogP contribution in [0.5, 0.6) is 5.75 Å². The fraction of sp³-hybridized carbons (Fsp3) is 0.393. The summed E-state index contributed by atoms with van der Waals surface area (Å²) in [5.41, 5.74) is 12.7. The molecule has 0 bridgehead atoms. The second-order valence-electron chi connectivity index (χ2n) is 9.48. The average Bonchev–Trinajstić information content (AvgIpc) is 2.94. The van der Waals surface area contributed by atoms with Gasteiger partial charge in [-0.25, -0.2) is 4.79 Å². The molecule has 41 heavy (non-hydrogen) atoms. The quantitative estimate of drug-likeness (QED) is 0.133. The number of amides is 4. The first-order valence-corrected chi connectivity index (χ1v) is 14.4. The number of carboxylic acids is 1. The number of nitrogens with two attached hydrogens (primary N) is 2. The van der Waals surface area contributed by atoms with E-state index in [2.05, 4.69) is 16.0 Å². The number of benzene rings is 2. The summed E-state index contributed by atoms with van der Waals surface area (Å²) in [6.07, 6.45) is 1.80. The molecule has 9 N–H and O–H groups in total. The van der Waals surface area contributed by atoms with Crippen LogP contribution in [0.1, 0.15) is 30.4 Å². The fourth-order valence-electron chi connectivity index (χ4n) is 3.91. The lowest BCUT2D eigenvalue weighted by molar-refractivity contribution is -0.142. The Hall–Kier alpha value is -4.10. The van der Waals surface area contributed by atoms with E-state index in [0.717, 1.165) is 0 Å². The molecule has 0 heterocycles. The minimum absolute atomic E-state index is 0.00369. The Morgan fingerprint density at radius 2 is 1.32 bits per heavy atom. The van der Waals surface area contributed by atoms with Gasteiger partial charge in [-0.05, 0) is 54.5 Å². The average molecular weight is 588 g/mol. The second kappa shape index (κ2) is 16.9. The van der Waals surface area contributed by atoms with Crippen LogP contribution in [0, 0.1) is 0 Å². The molecule has 0 saturated heterocycles. The number of carbonyl (C=O) groups is 5. The molecule has 13 heteroatoms. The van der Waals surface area contributed by atoms with Gasteiger partial charge in [-0.3, -0.25) is 19.2 Å². The van der Waals surface area contributed by atoms with E-state index in [1.165, 1.54) is 23.9 Å². The molecule has 2 rings (SSSR count). The SMILES string of the molecule is CSCCC(NC(=O)C(N)Cc1ccc(O)cc1)C(=O)NC(CCC(N)=O)C(=O)NC(Cc1ccccc1)C(=O)O. The van der Waals surface area contributed by atoms with E-state index in [-0.39, 0.29) is 37.9 Å². The predicted octanol–water partition coefficient (Wildman–Crippen LogP) is 0.0623. The van der Waals surface area contributed by atoms with Crippen LogP contribution in [-0.2, 0) is 36.8 Å². The van der Waals surface area contributed by atoms with Crippen LogP contribution in [-0.4, -0.2) is 76.0 Å². The number of aliphatic carboxylic acids is 1. The van der Waals surface area contributed by atoms with Crippen LogP contribution < -0.4 is 27.4 Å². The molecule has 0 spiro atoms. The molecule has 0 aliphatic carbocycles. The summed E-state index contributed by atoms with van der Waals surface area (Å²) < 4.78 is 0. The van der Waals surface area contributed by atoms with Crippen molar-refractivity contribution in [2.75, 3.05) is 12.0 Å². The summed E-state index contributed by atoms with van der Waals surface area (Å²) in [6.45, 7) is 0. The van der Waals surface area contributed by atoms with Gasteiger partial charge in [-0.2, -0.15) is 11.8 Å². The van der Waals surface area contributed by atoms with Gasteiger partial charge in [0.05, 0.1) is 6.04 Å². The summed E-state index contributed by atoms with van der Waals surface area (Å²) in [6, 6.07) is 10.3. The van der Waals surface area contributed by atoms with E-state index in [0.29, 0.717) is 16.9 Å². The van der Waals surface area contributed by atoms with Crippen molar-refractivity contribution in [1.82, 2.24) is 16.0 Å². The third-order valence-corrected chi connectivity index (χ3v) is 6.83. The van der Waals surface area contributed by atoms with E-state index < -0.39 is 53.8 Å². The second-order valence-corrected chi connectivity index (χ2v) is 10.5. The van der Waals surface area contributed by atoms with Crippen LogP contribution in [0.15, 0.2) is 54.6 Å². The zero-order chi connectivity index (χ0) is 30.4. The molecule has 4 amide bonds. The Bertz CT molecular complexity index is 1180. The highest BCUT2D eigenvalue weighted by atomic mass is 32.2. The number of hydrogen-bond donors (Lipinski definition) is 7. The molecule has 0 fully saturated rings. The summed E-state index contributed by atoms with van der Waals surface area (Å²) in [5.74, 6) is -3.48. The van der Waals surface area contributed by atoms with E-state index >= 15 is 0 Å². The summed E-state index contributed by atoms with van der Waals surface area (Å²) in [5, 5.41) is 26.7. The van der Waals surface area contributed by atoms with Crippen LogP contribution in [0.4, 0.5) is 0 Å². The number of phenolic OH excluding ortho intramolecular Hbond substituents is 1. The first-order chi connectivity index (χ1) is 19.5.